The number of amides is 2. The molecule has 1 aliphatic rings. The quantitative estimate of drug-likeness (QED) is 0.603. The lowest BCUT2D eigenvalue weighted by molar-refractivity contribution is -0.127. The van der Waals surface area contributed by atoms with Gasteiger partial charge in [-0.05, 0) is 49.7 Å². The summed E-state index contributed by atoms with van der Waals surface area (Å²) < 4.78 is 15.6. The van der Waals surface area contributed by atoms with Gasteiger partial charge in [0.15, 0.2) is 0 Å². The van der Waals surface area contributed by atoms with E-state index in [9.17, 15) is 14.4 Å². The smallest absolute Gasteiger partial charge is 0.338 e. The van der Waals surface area contributed by atoms with Gasteiger partial charge in [-0.3, -0.25) is 14.5 Å². The molecular formula is C23H26N2O6. The van der Waals surface area contributed by atoms with E-state index >= 15 is 0 Å². The number of benzene rings is 2. The standard InChI is InChI=1S/C23H26N2O6/c1-4-31-23(28)16-7-9-18(10-8-16)25(15-24-11-5-6-21(24)26)22(27)17-12-19(29-2)14-20(13-17)30-3/h7-10,12-14H,4-6,11,15H2,1-3H3. The van der Waals surface area contributed by atoms with Gasteiger partial charge in [-0.15, -0.1) is 0 Å². The van der Waals surface area contributed by atoms with E-state index in [1.165, 1.54) is 19.1 Å². The number of nitrogens with zero attached hydrogens (tertiary/aromatic N) is 2. The maximum atomic E-state index is 13.5. The molecule has 31 heavy (non-hydrogen) atoms. The predicted octanol–water partition coefficient (Wildman–Crippen LogP) is 3.11. The van der Waals surface area contributed by atoms with Crippen LogP contribution in [0, 0.1) is 0 Å². The molecule has 1 saturated heterocycles. The topological polar surface area (TPSA) is 85.4 Å². The Morgan fingerprint density at radius 2 is 1.65 bits per heavy atom. The summed E-state index contributed by atoms with van der Waals surface area (Å²) in [7, 11) is 3.02. The van der Waals surface area contributed by atoms with Gasteiger partial charge in [-0.1, -0.05) is 0 Å². The summed E-state index contributed by atoms with van der Waals surface area (Å²) in [6, 6.07) is 11.5. The van der Waals surface area contributed by atoms with Gasteiger partial charge in [-0.2, -0.15) is 0 Å². The predicted molar refractivity (Wildman–Crippen MR) is 115 cm³/mol. The van der Waals surface area contributed by atoms with Gasteiger partial charge in [0.25, 0.3) is 5.91 Å². The Hall–Kier alpha value is -3.55. The van der Waals surface area contributed by atoms with Crippen molar-refractivity contribution in [2.75, 3.05) is 38.9 Å². The minimum atomic E-state index is -0.431. The molecule has 2 aromatic carbocycles. The van der Waals surface area contributed by atoms with Crippen LogP contribution < -0.4 is 14.4 Å². The number of ether oxygens (including phenoxy) is 3. The Labute approximate surface area is 181 Å². The van der Waals surface area contributed by atoms with E-state index in [4.69, 9.17) is 14.2 Å². The first-order chi connectivity index (χ1) is 15.0. The Morgan fingerprint density at radius 3 is 2.16 bits per heavy atom. The number of esters is 1. The number of hydrogen-bond donors (Lipinski definition) is 0. The minimum absolute atomic E-state index is 0.00386. The molecule has 0 aliphatic carbocycles. The van der Waals surface area contributed by atoms with Gasteiger partial charge >= 0.3 is 5.97 Å². The first kappa shape index (κ1) is 22.1. The minimum Gasteiger partial charge on any atom is -0.497 e. The molecule has 164 valence electrons. The third-order valence-corrected chi connectivity index (χ3v) is 5.02. The van der Waals surface area contributed by atoms with Crippen LogP contribution in [0.25, 0.3) is 0 Å². The molecular weight excluding hydrogens is 400 g/mol. The van der Waals surface area contributed by atoms with E-state index in [-0.39, 0.29) is 25.1 Å². The van der Waals surface area contributed by atoms with Crippen molar-refractivity contribution in [3.63, 3.8) is 0 Å². The van der Waals surface area contributed by atoms with Crippen molar-refractivity contribution >= 4 is 23.5 Å². The lowest BCUT2D eigenvalue weighted by Crippen LogP contribution is -2.42. The summed E-state index contributed by atoms with van der Waals surface area (Å²) in [5, 5.41) is 0. The average Bonchev–Trinajstić information content (AvgIpc) is 3.21. The summed E-state index contributed by atoms with van der Waals surface area (Å²) in [5.41, 5.74) is 1.30. The Kier molecular flexibility index (Phi) is 7.12. The molecule has 2 amide bonds. The molecule has 8 nitrogen and oxygen atoms in total. The average molecular weight is 426 g/mol. The fraction of sp³-hybridized carbons (Fsp3) is 0.348. The molecule has 0 saturated carbocycles. The van der Waals surface area contributed by atoms with Gasteiger partial charge in [0.05, 0.1) is 26.4 Å². The number of rotatable bonds is 8. The Morgan fingerprint density at radius 1 is 1.00 bits per heavy atom. The summed E-state index contributed by atoms with van der Waals surface area (Å²) in [4.78, 5) is 40.8. The zero-order chi connectivity index (χ0) is 22.4. The summed E-state index contributed by atoms with van der Waals surface area (Å²) >= 11 is 0. The van der Waals surface area contributed by atoms with Crippen molar-refractivity contribution in [1.82, 2.24) is 4.90 Å². The maximum absolute atomic E-state index is 13.5. The van der Waals surface area contributed by atoms with Crippen molar-refractivity contribution < 1.29 is 28.6 Å². The molecule has 0 atom stereocenters. The first-order valence-electron chi connectivity index (χ1n) is 10.1. The van der Waals surface area contributed by atoms with Crippen LogP contribution >= 0.6 is 0 Å². The summed E-state index contributed by atoms with van der Waals surface area (Å²) in [6.07, 6.45) is 1.23. The van der Waals surface area contributed by atoms with E-state index in [0.29, 0.717) is 41.3 Å². The highest BCUT2D eigenvalue weighted by molar-refractivity contribution is 6.07. The van der Waals surface area contributed by atoms with E-state index in [0.717, 1.165) is 6.42 Å². The van der Waals surface area contributed by atoms with Gasteiger partial charge in [0.1, 0.15) is 18.2 Å². The molecule has 8 heteroatoms. The normalized spacial score (nSPS) is 13.1. The molecule has 0 spiro atoms. The summed E-state index contributed by atoms with van der Waals surface area (Å²) in [6.45, 7) is 2.71. The number of likely N-dealkylation sites (tertiary alicyclic amines) is 1. The van der Waals surface area contributed by atoms with Crippen molar-refractivity contribution in [2.45, 2.75) is 19.8 Å². The second-order valence-corrected chi connectivity index (χ2v) is 7.00. The van der Waals surface area contributed by atoms with Crippen LogP contribution in [-0.4, -0.2) is 56.7 Å². The van der Waals surface area contributed by atoms with Crippen LogP contribution in [0.4, 0.5) is 5.69 Å². The van der Waals surface area contributed by atoms with Crippen LogP contribution in [0.15, 0.2) is 42.5 Å². The van der Waals surface area contributed by atoms with Crippen molar-refractivity contribution in [2.24, 2.45) is 0 Å². The number of methoxy groups -OCH3 is 2. The third-order valence-electron chi connectivity index (χ3n) is 5.02. The lowest BCUT2D eigenvalue weighted by atomic mass is 10.1. The largest absolute Gasteiger partial charge is 0.497 e. The molecule has 0 N–H and O–H groups in total. The molecule has 0 radical (unpaired) electrons. The van der Waals surface area contributed by atoms with Crippen LogP contribution in [0.1, 0.15) is 40.5 Å². The molecule has 0 bridgehead atoms. The molecule has 2 aromatic rings. The van der Waals surface area contributed by atoms with Crippen molar-refractivity contribution in [1.29, 1.82) is 0 Å². The van der Waals surface area contributed by atoms with E-state index in [1.54, 1.807) is 54.3 Å². The fourth-order valence-corrected chi connectivity index (χ4v) is 3.37. The zero-order valence-electron chi connectivity index (χ0n) is 17.9. The lowest BCUT2D eigenvalue weighted by Gasteiger charge is -2.28. The monoisotopic (exact) mass is 426 g/mol. The van der Waals surface area contributed by atoms with Crippen molar-refractivity contribution in [3.05, 3.63) is 53.6 Å². The number of hydrogen-bond acceptors (Lipinski definition) is 6. The van der Waals surface area contributed by atoms with Gasteiger partial charge in [0.2, 0.25) is 5.91 Å². The maximum Gasteiger partial charge on any atom is 0.338 e. The third kappa shape index (κ3) is 5.14. The SMILES string of the molecule is CCOC(=O)c1ccc(N(CN2CCCC2=O)C(=O)c2cc(OC)cc(OC)c2)cc1. The van der Waals surface area contributed by atoms with Gasteiger partial charge < -0.3 is 19.1 Å². The Balaban J connectivity index is 1.95. The molecule has 1 fully saturated rings. The van der Waals surface area contributed by atoms with Gasteiger partial charge in [0, 0.05) is 30.3 Å². The van der Waals surface area contributed by atoms with Crippen LogP contribution in [0.5, 0.6) is 11.5 Å². The summed E-state index contributed by atoms with van der Waals surface area (Å²) in [5.74, 6) is 0.222. The van der Waals surface area contributed by atoms with Crippen LogP contribution in [-0.2, 0) is 9.53 Å². The molecule has 0 aromatic heterocycles. The number of carbonyl (C=O) groups is 3. The first-order valence-corrected chi connectivity index (χ1v) is 10.1. The van der Waals surface area contributed by atoms with E-state index in [2.05, 4.69) is 0 Å². The fourth-order valence-electron chi connectivity index (χ4n) is 3.37. The molecule has 3 rings (SSSR count). The van der Waals surface area contributed by atoms with Gasteiger partial charge in [-0.25, -0.2) is 4.79 Å². The highest BCUT2D eigenvalue weighted by Crippen LogP contribution is 2.26. The Bertz CT molecular complexity index is 935. The number of carbonyl (C=O) groups excluding carboxylic acids is 3. The molecule has 1 heterocycles. The van der Waals surface area contributed by atoms with Crippen molar-refractivity contribution in [3.8, 4) is 11.5 Å². The van der Waals surface area contributed by atoms with Crippen LogP contribution in [0.3, 0.4) is 0 Å². The second-order valence-electron chi connectivity index (χ2n) is 7.00. The van der Waals surface area contributed by atoms with Crippen LogP contribution in [0.2, 0.25) is 0 Å². The number of anilines is 1. The zero-order valence-corrected chi connectivity index (χ0v) is 17.9. The molecule has 1 aliphatic heterocycles. The highest BCUT2D eigenvalue weighted by Gasteiger charge is 2.27. The molecule has 0 unspecified atom stereocenters. The second kappa shape index (κ2) is 9.97. The van der Waals surface area contributed by atoms with E-state index < -0.39 is 5.97 Å². The highest BCUT2D eigenvalue weighted by atomic mass is 16.5. The van der Waals surface area contributed by atoms with E-state index in [1.807, 2.05) is 0 Å².